The molecule has 0 saturated heterocycles. The fourth-order valence-corrected chi connectivity index (χ4v) is 4.05. The number of carbonyl (C=O) groups excluding carboxylic acids is 1. The summed E-state index contributed by atoms with van der Waals surface area (Å²) in [6, 6.07) is 2.70. The molecule has 4 bridgehead atoms. The molecule has 5 rings (SSSR count). The Balaban J connectivity index is 1.66. The molecule has 0 spiro atoms. The summed E-state index contributed by atoms with van der Waals surface area (Å²) >= 11 is 0. The van der Waals surface area contributed by atoms with Gasteiger partial charge in [0.25, 0.3) is 0 Å². The highest BCUT2D eigenvalue weighted by molar-refractivity contribution is 5.94. The van der Waals surface area contributed by atoms with Crippen LogP contribution in [0.2, 0.25) is 0 Å². The maximum atomic E-state index is 14.2. The number of anilines is 3. The molecule has 1 fully saturated rings. The molecule has 1 saturated carbocycles. The molecule has 1 amide bonds. The summed E-state index contributed by atoms with van der Waals surface area (Å²) in [5, 5.41) is 9.19. The second-order valence-electron chi connectivity index (χ2n) is 7.57. The van der Waals surface area contributed by atoms with Crippen molar-refractivity contribution in [1.29, 1.82) is 0 Å². The zero-order valence-corrected chi connectivity index (χ0v) is 17.1. The molecular weight excluding hydrogens is 405 g/mol. The van der Waals surface area contributed by atoms with E-state index in [0.717, 1.165) is 0 Å². The van der Waals surface area contributed by atoms with Crippen LogP contribution in [0.15, 0.2) is 24.7 Å². The molecule has 3 aromatic rings. The SMILES string of the molecule is CNc1cc2nc3c1ncn3C(=O)N[C@@H]1C[C@@H](F)C[C@H]1OCc1cc(c(OC)cn1)N2. The number of imidazole rings is 1. The molecule has 10 nitrogen and oxygen atoms in total. The summed E-state index contributed by atoms with van der Waals surface area (Å²) in [5.41, 5.74) is 2.89. The fraction of sp³-hybridized carbons (Fsp3) is 0.400. The van der Waals surface area contributed by atoms with Crippen LogP contribution in [0.4, 0.5) is 26.4 Å². The van der Waals surface area contributed by atoms with Crippen molar-refractivity contribution in [3.8, 4) is 5.75 Å². The summed E-state index contributed by atoms with van der Waals surface area (Å²) in [7, 11) is 3.32. The average Bonchev–Trinajstić information content (AvgIpc) is 3.34. The predicted octanol–water partition coefficient (Wildman–Crippen LogP) is 2.58. The number of methoxy groups -OCH3 is 1. The first-order valence-electron chi connectivity index (χ1n) is 9.98. The second kappa shape index (κ2) is 7.65. The Morgan fingerprint density at radius 3 is 3.00 bits per heavy atom. The van der Waals surface area contributed by atoms with Gasteiger partial charge in [-0.05, 0) is 6.07 Å². The van der Waals surface area contributed by atoms with Crippen LogP contribution in [-0.2, 0) is 11.3 Å². The maximum Gasteiger partial charge on any atom is 0.328 e. The van der Waals surface area contributed by atoms with Gasteiger partial charge in [0.2, 0.25) is 0 Å². The molecule has 11 heteroatoms. The van der Waals surface area contributed by atoms with Crippen LogP contribution in [-0.4, -0.2) is 58.0 Å². The third-order valence-corrected chi connectivity index (χ3v) is 5.60. The van der Waals surface area contributed by atoms with Gasteiger partial charge in [-0.2, -0.15) is 0 Å². The summed E-state index contributed by atoms with van der Waals surface area (Å²) in [5.74, 6) is 1.01. The highest BCUT2D eigenvalue weighted by Gasteiger charge is 2.37. The standard InChI is InChI=1S/C20H22FN7O3/c1-22-14-6-17-25-13-5-11(23-7-16(13)30-2)8-31-15-4-10(21)3-12(15)26-20(29)28-9-24-18(14)19(28)27-17/h5-7,9-10,12,15H,3-4,8H2,1-2H3,(H,26,29)(H2,22,25,27)/t10-,12-,15-/m1/s1. The second-order valence-corrected chi connectivity index (χ2v) is 7.57. The molecule has 3 N–H and O–H groups in total. The van der Waals surface area contributed by atoms with Crippen LogP contribution in [0.3, 0.4) is 0 Å². The minimum atomic E-state index is -1.05. The lowest BCUT2D eigenvalue weighted by Crippen LogP contribution is -2.43. The lowest BCUT2D eigenvalue weighted by Gasteiger charge is -2.22. The number of hydrogen-bond acceptors (Lipinski definition) is 8. The van der Waals surface area contributed by atoms with Gasteiger partial charge in [-0.25, -0.2) is 23.7 Å². The monoisotopic (exact) mass is 427 g/mol. The number of amides is 1. The van der Waals surface area contributed by atoms with Crippen LogP contribution in [0.25, 0.3) is 11.2 Å². The van der Waals surface area contributed by atoms with Crippen molar-refractivity contribution >= 4 is 34.4 Å². The van der Waals surface area contributed by atoms with Crippen LogP contribution in [0.1, 0.15) is 18.5 Å². The number of hydrogen-bond donors (Lipinski definition) is 3. The number of carbonyl (C=O) groups is 1. The molecule has 1 aliphatic heterocycles. The Hall–Kier alpha value is -3.47. The van der Waals surface area contributed by atoms with Crippen molar-refractivity contribution in [2.24, 2.45) is 0 Å². The first-order valence-corrected chi connectivity index (χ1v) is 9.98. The van der Waals surface area contributed by atoms with E-state index < -0.39 is 24.3 Å². The Kier molecular flexibility index (Phi) is 4.81. The molecule has 0 aromatic carbocycles. The van der Waals surface area contributed by atoms with Crippen molar-refractivity contribution in [1.82, 2.24) is 24.8 Å². The summed E-state index contributed by atoms with van der Waals surface area (Å²) in [4.78, 5) is 26.3. The van der Waals surface area contributed by atoms with E-state index in [1.807, 2.05) is 6.07 Å². The van der Waals surface area contributed by atoms with Gasteiger partial charge in [0.05, 0.1) is 49.1 Å². The molecule has 0 unspecified atom stereocenters. The Bertz CT molecular complexity index is 1150. The first-order chi connectivity index (χ1) is 15.1. The number of fused-ring (bicyclic) bond motifs is 4. The average molecular weight is 427 g/mol. The minimum Gasteiger partial charge on any atom is -0.493 e. The van der Waals surface area contributed by atoms with Crippen LogP contribution in [0, 0.1) is 0 Å². The van der Waals surface area contributed by atoms with E-state index in [2.05, 4.69) is 30.9 Å². The lowest BCUT2D eigenvalue weighted by molar-refractivity contribution is 0.0256. The van der Waals surface area contributed by atoms with Gasteiger partial charge < -0.3 is 25.4 Å². The van der Waals surface area contributed by atoms with Crippen LogP contribution >= 0.6 is 0 Å². The number of rotatable bonds is 2. The molecule has 162 valence electrons. The zero-order valence-electron chi connectivity index (χ0n) is 17.1. The van der Waals surface area contributed by atoms with Crippen molar-refractivity contribution in [2.45, 2.75) is 37.8 Å². The summed E-state index contributed by atoms with van der Waals surface area (Å²) in [6.07, 6.45) is 1.89. The van der Waals surface area contributed by atoms with Gasteiger partial charge in [0.15, 0.2) is 11.4 Å². The maximum absolute atomic E-state index is 14.2. The quantitative estimate of drug-likeness (QED) is 0.572. The molecule has 31 heavy (non-hydrogen) atoms. The third kappa shape index (κ3) is 3.50. The molecule has 4 heterocycles. The number of nitrogens with one attached hydrogen (secondary N) is 3. The van der Waals surface area contributed by atoms with Gasteiger partial charge in [-0.1, -0.05) is 0 Å². The van der Waals surface area contributed by atoms with Crippen molar-refractivity contribution in [3.05, 3.63) is 30.4 Å². The number of aromatic nitrogens is 4. The van der Waals surface area contributed by atoms with E-state index in [9.17, 15) is 9.18 Å². The molecule has 3 atom stereocenters. The molecule has 0 radical (unpaired) electrons. The highest BCUT2D eigenvalue weighted by Crippen LogP contribution is 2.32. The molecule has 1 aliphatic carbocycles. The van der Waals surface area contributed by atoms with Gasteiger partial charge in [-0.15, -0.1) is 0 Å². The van der Waals surface area contributed by atoms with Gasteiger partial charge in [0, 0.05) is 26.0 Å². The van der Waals surface area contributed by atoms with Gasteiger partial charge in [0.1, 0.15) is 23.8 Å². The van der Waals surface area contributed by atoms with Gasteiger partial charge in [-0.3, -0.25) is 4.98 Å². The van der Waals surface area contributed by atoms with Crippen LogP contribution < -0.4 is 20.7 Å². The number of halogens is 1. The van der Waals surface area contributed by atoms with Gasteiger partial charge >= 0.3 is 6.03 Å². The van der Waals surface area contributed by atoms with E-state index in [4.69, 9.17) is 9.47 Å². The Labute approximate surface area is 177 Å². The Morgan fingerprint density at radius 1 is 1.32 bits per heavy atom. The normalized spacial score (nSPS) is 23.1. The summed E-state index contributed by atoms with van der Waals surface area (Å²) < 4.78 is 26.8. The minimum absolute atomic E-state index is 0.174. The number of ether oxygens (including phenoxy) is 2. The topological polar surface area (TPSA) is 115 Å². The number of nitrogens with zero attached hydrogens (tertiary/aromatic N) is 4. The van der Waals surface area contributed by atoms with E-state index in [-0.39, 0.29) is 19.4 Å². The molecular formula is C20H22FN7O3. The van der Waals surface area contributed by atoms with Crippen molar-refractivity contribution in [3.63, 3.8) is 0 Å². The summed E-state index contributed by atoms with van der Waals surface area (Å²) in [6.45, 7) is 0.174. The highest BCUT2D eigenvalue weighted by atomic mass is 19.1. The van der Waals surface area contributed by atoms with Crippen molar-refractivity contribution in [2.75, 3.05) is 24.8 Å². The van der Waals surface area contributed by atoms with E-state index >= 15 is 0 Å². The zero-order chi connectivity index (χ0) is 21.5. The molecule has 3 aromatic heterocycles. The fourth-order valence-electron chi connectivity index (χ4n) is 4.05. The van der Waals surface area contributed by atoms with Crippen LogP contribution in [0.5, 0.6) is 5.75 Å². The Morgan fingerprint density at radius 2 is 2.19 bits per heavy atom. The predicted molar refractivity (Wildman–Crippen MR) is 112 cm³/mol. The molecule has 2 aliphatic rings. The first kappa shape index (κ1) is 19.5. The largest absolute Gasteiger partial charge is 0.493 e. The van der Waals surface area contributed by atoms with E-state index in [1.54, 1.807) is 26.4 Å². The number of alkyl halides is 1. The number of pyridine rings is 2. The van der Waals surface area contributed by atoms with E-state index in [1.165, 1.54) is 10.9 Å². The third-order valence-electron chi connectivity index (χ3n) is 5.60. The lowest BCUT2D eigenvalue weighted by atomic mass is 10.2. The smallest absolute Gasteiger partial charge is 0.328 e. The van der Waals surface area contributed by atoms with E-state index in [0.29, 0.717) is 39.8 Å². The van der Waals surface area contributed by atoms with Crippen molar-refractivity contribution < 1.29 is 18.7 Å².